The van der Waals surface area contributed by atoms with Crippen molar-refractivity contribution in [3.8, 4) is 34.1 Å². The molecule has 0 saturated heterocycles. The standard InChI is InChI=1S/C34H26ClF2N5O4/c1-2-45-28-12-14-42(22-7-4-20(36)5-8-22)34(44)23(28)17-31(43)41-21-6-10-29(26(37)16-21)46-30-11-13-39-33-32(30)24(18-40-33)19-3-9-25(35)27(38)15-19/h3-16,18H,2,17,38H2,1H3,(H,39,40)(H,41,43). The minimum Gasteiger partial charge on any atom is -0.493 e. The van der Waals surface area contributed by atoms with E-state index in [1.807, 2.05) is 0 Å². The lowest BCUT2D eigenvalue weighted by Gasteiger charge is -2.14. The Morgan fingerprint density at radius 1 is 1.02 bits per heavy atom. The van der Waals surface area contributed by atoms with Crippen LogP contribution in [0.3, 0.4) is 0 Å². The van der Waals surface area contributed by atoms with Crippen molar-refractivity contribution in [2.24, 2.45) is 0 Å². The van der Waals surface area contributed by atoms with Crippen molar-refractivity contribution in [1.29, 1.82) is 0 Å². The zero-order valence-corrected chi connectivity index (χ0v) is 25.1. The van der Waals surface area contributed by atoms with E-state index in [9.17, 15) is 14.0 Å². The number of nitrogens with zero attached hydrogens (tertiary/aromatic N) is 2. The molecule has 0 atom stereocenters. The second-order valence-corrected chi connectivity index (χ2v) is 10.6. The second-order valence-electron chi connectivity index (χ2n) is 10.2. The molecule has 0 aliphatic carbocycles. The van der Waals surface area contributed by atoms with Crippen molar-refractivity contribution in [1.82, 2.24) is 14.5 Å². The Bertz CT molecular complexity index is 2150. The number of anilines is 2. The van der Waals surface area contributed by atoms with E-state index in [4.69, 9.17) is 26.8 Å². The minimum atomic E-state index is -0.732. The number of carbonyl (C=O) groups excluding carboxylic acids is 1. The van der Waals surface area contributed by atoms with Gasteiger partial charge in [-0.3, -0.25) is 14.2 Å². The first-order valence-corrected chi connectivity index (χ1v) is 14.5. The number of amides is 1. The molecule has 0 fully saturated rings. The summed E-state index contributed by atoms with van der Waals surface area (Å²) in [6.07, 6.45) is 4.43. The average molecular weight is 642 g/mol. The summed E-state index contributed by atoms with van der Waals surface area (Å²) < 4.78 is 41.6. The maximum Gasteiger partial charge on any atom is 0.262 e. The molecule has 46 heavy (non-hydrogen) atoms. The van der Waals surface area contributed by atoms with Gasteiger partial charge in [0.1, 0.15) is 23.0 Å². The molecule has 3 aromatic carbocycles. The lowest BCUT2D eigenvalue weighted by atomic mass is 10.0. The summed E-state index contributed by atoms with van der Waals surface area (Å²) in [6.45, 7) is 2.02. The fourth-order valence-electron chi connectivity index (χ4n) is 5.02. The first-order chi connectivity index (χ1) is 22.2. The van der Waals surface area contributed by atoms with Crippen LogP contribution in [0.1, 0.15) is 12.5 Å². The summed E-state index contributed by atoms with van der Waals surface area (Å²) >= 11 is 6.09. The normalized spacial score (nSPS) is 11.0. The number of benzene rings is 3. The molecule has 4 N–H and O–H groups in total. The van der Waals surface area contributed by atoms with Gasteiger partial charge in [-0.2, -0.15) is 0 Å². The van der Waals surface area contributed by atoms with E-state index in [0.717, 1.165) is 17.2 Å². The molecule has 3 heterocycles. The highest BCUT2D eigenvalue weighted by atomic mass is 35.5. The van der Waals surface area contributed by atoms with Gasteiger partial charge in [0.2, 0.25) is 5.91 Å². The molecule has 0 spiro atoms. The molecule has 9 nitrogen and oxygen atoms in total. The van der Waals surface area contributed by atoms with E-state index in [1.54, 1.807) is 43.5 Å². The summed E-state index contributed by atoms with van der Waals surface area (Å²) in [4.78, 5) is 33.8. The van der Waals surface area contributed by atoms with Crippen LogP contribution in [0.2, 0.25) is 5.02 Å². The van der Waals surface area contributed by atoms with Crippen LogP contribution in [-0.4, -0.2) is 27.0 Å². The SMILES string of the molecule is CCOc1ccn(-c2ccc(F)cc2)c(=O)c1CC(=O)Nc1ccc(Oc2ccnc3[nH]cc(-c4ccc(Cl)c(N)c4)c23)c(F)c1. The average Bonchev–Trinajstić information content (AvgIpc) is 3.48. The lowest BCUT2D eigenvalue weighted by molar-refractivity contribution is -0.115. The summed E-state index contributed by atoms with van der Waals surface area (Å²) in [5.41, 5.74) is 8.60. The Kier molecular flexibility index (Phi) is 8.41. The number of nitrogens with one attached hydrogen (secondary N) is 2. The number of ether oxygens (including phenoxy) is 2. The smallest absolute Gasteiger partial charge is 0.262 e. The van der Waals surface area contributed by atoms with E-state index in [0.29, 0.717) is 33.2 Å². The fraction of sp³-hybridized carbons (Fsp3) is 0.0882. The fourth-order valence-corrected chi connectivity index (χ4v) is 5.13. The molecule has 0 unspecified atom stereocenters. The van der Waals surface area contributed by atoms with Crippen molar-refractivity contribution < 1.29 is 23.0 Å². The van der Waals surface area contributed by atoms with Crippen LogP contribution in [0.4, 0.5) is 20.2 Å². The predicted octanol–water partition coefficient (Wildman–Crippen LogP) is 7.27. The maximum absolute atomic E-state index is 15.3. The Labute approximate surface area is 266 Å². The van der Waals surface area contributed by atoms with Crippen LogP contribution >= 0.6 is 11.6 Å². The third-order valence-corrected chi connectivity index (χ3v) is 7.51. The molecule has 232 valence electrons. The van der Waals surface area contributed by atoms with E-state index in [-0.39, 0.29) is 35.8 Å². The molecule has 0 radical (unpaired) electrons. The van der Waals surface area contributed by atoms with Gasteiger partial charge in [-0.1, -0.05) is 17.7 Å². The zero-order chi connectivity index (χ0) is 32.4. The van der Waals surface area contributed by atoms with Gasteiger partial charge in [-0.05, 0) is 73.2 Å². The number of carbonyl (C=O) groups is 1. The number of halogens is 3. The second kappa shape index (κ2) is 12.7. The Balaban J connectivity index is 1.23. The summed E-state index contributed by atoms with van der Waals surface area (Å²) in [5, 5.41) is 3.66. The predicted molar refractivity (Wildman–Crippen MR) is 173 cm³/mol. The summed E-state index contributed by atoms with van der Waals surface area (Å²) in [7, 11) is 0. The monoisotopic (exact) mass is 641 g/mol. The van der Waals surface area contributed by atoms with Gasteiger partial charge < -0.3 is 25.5 Å². The van der Waals surface area contributed by atoms with E-state index in [2.05, 4.69) is 15.3 Å². The van der Waals surface area contributed by atoms with Crippen molar-refractivity contribution in [3.63, 3.8) is 0 Å². The highest BCUT2D eigenvalue weighted by Crippen LogP contribution is 2.38. The van der Waals surface area contributed by atoms with E-state index >= 15 is 4.39 Å². The first kappa shape index (κ1) is 30.4. The van der Waals surface area contributed by atoms with Crippen molar-refractivity contribution in [2.45, 2.75) is 13.3 Å². The molecule has 0 saturated carbocycles. The van der Waals surface area contributed by atoms with Crippen LogP contribution < -0.4 is 26.1 Å². The van der Waals surface area contributed by atoms with Gasteiger partial charge in [-0.25, -0.2) is 13.8 Å². The number of nitrogen functional groups attached to an aromatic ring is 1. The Morgan fingerprint density at radius 2 is 1.83 bits per heavy atom. The molecule has 12 heteroatoms. The topological polar surface area (TPSA) is 124 Å². The van der Waals surface area contributed by atoms with Gasteiger partial charge in [-0.15, -0.1) is 0 Å². The molecule has 0 aliphatic rings. The van der Waals surface area contributed by atoms with Gasteiger partial charge in [0.05, 0.1) is 34.7 Å². The van der Waals surface area contributed by atoms with Crippen molar-refractivity contribution >= 4 is 39.9 Å². The Morgan fingerprint density at radius 3 is 2.57 bits per heavy atom. The van der Waals surface area contributed by atoms with Gasteiger partial charge in [0.25, 0.3) is 5.56 Å². The molecule has 6 aromatic rings. The number of rotatable bonds is 9. The van der Waals surface area contributed by atoms with E-state index < -0.39 is 23.1 Å². The summed E-state index contributed by atoms with van der Waals surface area (Å²) in [5.74, 6) is -1.25. The van der Waals surface area contributed by atoms with Crippen molar-refractivity contribution in [2.75, 3.05) is 17.7 Å². The number of aromatic amines is 1. The molecule has 1 amide bonds. The van der Waals surface area contributed by atoms with E-state index in [1.165, 1.54) is 53.4 Å². The molecule has 0 aliphatic heterocycles. The Hall–Kier alpha value is -5.68. The highest BCUT2D eigenvalue weighted by molar-refractivity contribution is 6.33. The van der Waals surface area contributed by atoms with Gasteiger partial charge >= 0.3 is 0 Å². The zero-order valence-electron chi connectivity index (χ0n) is 24.3. The maximum atomic E-state index is 15.3. The molecular weight excluding hydrogens is 616 g/mol. The minimum absolute atomic E-state index is 0.0860. The number of nitrogens with two attached hydrogens (primary N) is 1. The van der Waals surface area contributed by atoms with Crippen LogP contribution in [0, 0.1) is 11.6 Å². The lowest BCUT2D eigenvalue weighted by Crippen LogP contribution is -2.26. The number of fused-ring (bicyclic) bond motifs is 1. The van der Waals surface area contributed by atoms with Crippen LogP contribution in [0.25, 0.3) is 27.8 Å². The number of aromatic nitrogens is 3. The van der Waals surface area contributed by atoms with Crippen molar-refractivity contribution in [3.05, 3.63) is 124 Å². The van der Waals surface area contributed by atoms with Gasteiger partial charge in [0, 0.05) is 41.6 Å². The van der Waals surface area contributed by atoms with Gasteiger partial charge in [0.15, 0.2) is 11.6 Å². The largest absolute Gasteiger partial charge is 0.493 e. The number of H-pyrrole nitrogens is 1. The molecule has 3 aromatic heterocycles. The highest BCUT2D eigenvalue weighted by Gasteiger charge is 2.19. The third kappa shape index (κ3) is 6.13. The van der Waals surface area contributed by atoms with Crippen LogP contribution in [-0.2, 0) is 11.2 Å². The molecular formula is C34H26ClF2N5O4. The number of hydrogen-bond acceptors (Lipinski definition) is 6. The summed E-state index contributed by atoms with van der Waals surface area (Å²) in [6, 6.07) is 17.8. The molecule has 0 bridgehead atoms. The quantitative estimate of drug-likeness (QED) is 0.143. The first-order valence-electron chi connectivity index (χ1n) is 14.1. The van der Waals surface area contributed by atoms with Crippen LogP contribution in [0.5, 0.6) is 17.2 Å². The molecule has 6 rings (SSSR count). The van der Waals surface area contributed by atoms with Crippen LogP contribution in [0.15, 0.2) is 96.2 Å². The number of hydrogen-bond donors (Lipinski definition) is 3. The third-order valence-electron chi connectivity index (χ3n) is 7.17. The number of pyridine rings is 2.